The van der Waals surface area contributed by atoms with Gasteiger partial charge in [-0.05, 0) is 44.7 Å². The van der Waals surface area contributed by atoms with E-state index in [1.54, 1.807) is 11.8 Å². The minimum Gasteiger partial charge on any atom is -0.393 e. The molecule has 0 spiro atoms. The molecule has 0 unspecified atom stereocenters. The van der Waals surface area contributed by atoms with Gasteiger partial charge in [-0.3, -0.25) is 4.79 Å². The van der Waals surface area contributed by atoms with Crippen molar-refractivity contribution in [3.63, 3.8) is 0 Å². The van der Waals surface area contributed by atoms with Crippen LogP contribution in [-0.2, 0) is 4.79 Å². The van der Waals surface area contributed by atoms with E-state index >= 15 is 0 Å². The van der Waals surface area contributed by atoms with Gasteiger partial charge in [-0.15, -0.1) is 11.8 Å². The van der Waals surface area contributed by atoms with Crippen molar-refractivity contribution in [3.8, 4) is 0 Å². The molecule has 0 atom stereocenters. The summed E-state index contributed by atoms with van der Waals surface area (Å²) in [6, 6.07) is 8.45. The lowest BCUT2D eigenvalue weighted by molar-refractivity contribution is -0.119. The van der Waals surface area contributed by atoms with Crippen molar-refractivity contribution in [3.05, 3.63) is 29.8 Å². The minimum atomic E-state index is -0.171. The number of benzene rings is 1. The van der Waals surface area contributed by atoms with Crippen LogP contribution in [0.4, 0.5) is 0 Å². The summed E-state index contributed by atoms with van der Waals surface area (Å²) in [6.07, 6.45) is 3.21. The van der Waals surface area contributed by atoms with Gasteiger partial charge in [0.2, 0.25) is 5.91 Å². The second kappa shape index (κ2) is 6.96. The van der Waals surface area contributed by atoms with Crippen LogP contribution in [-0.4, -0.2) is 28.9 Å². The van der Waals surface area contributed by atoms with E-state index in [1.165, 1.54) is 5.56 Å². The number of hydrogen-bond donors (Lipinski definition) is 2. The normalized spacial score (nSPS) is 23.1. The highest BCUT2D eigenvalue weighted by Crippen LogP contribution is 2.20. The molecule has 0 radical (unpaired) electrons. The molecule has 0 bridgehead atoms. The van der Waals surface area contributed by atoms with Crippen LogP contribution >= 0.6 is 11.8 Å². The van der Waals surface area contributed by atoms with Gasteiger partial charge in [0.15, 0.2) is 0 Å². The standard InChI is InChI=1S/C15H21NO2S/c1-11-2-8-14(9-3-11)19-10-15(18)16-12-4-6-13(17)7-5-12/h2-3,8-9,12-13,17H,4-7,10H2,1H3,(H,16,18). The number of aliphatic hydroxyl groups is 1. The summed E-state index contributed by atoms with van der Waals surface area (Å²) in [5.41, 5.74) is 1.23. The molecule has 0 aromatic heterocycles. The molecule has 19 heavy (non-hydrogen) atoms. The molecular formula is C15H21NO2S. The molecule has 2 rings (SSSR count). The lowest BCUT2D eigenvalue weighted by atomic mass is 9.93. The molecule has 104 valence electrons. The Morgan fingerprint density at radius 1 is 1.26 bits per heavy atom. The molecule has 1 aromatic rings. The zero-order chi connectivity index (χ0) is 13.7. The van der Waals surface area contributed by atoms with Crippen LogP contribution in [0.5, 0.6) is 0 Å². The molecule has 3 nitrogen and oxygen atoms in total. The first kappa shape index (κ1) is 14.4. The third kappa shape index (κ3) is 4.88. The van der Waals surface area contributed by atoms with Crippen LogP contribution in [0.1, 0.15) is 31.2 Å². The van der Waals surface area contributed by atoms with Crippen molar-refractivity contribution in [2.45, 2.75) is 49.6 Å². The summed E-state index contributed by atoms with van der Waals surface area (Å²) in [7, 11) is 0. The van der Waals surface area contributed by atoms with Gasteiger partial charge in [0.25, 0.3) is 0 Å². The quantitative estimate of drug-likeness (QED) is 0.833. The summed E-state index contributed by atoms with van der Waals surface area (Å²) in [6.45, 7) is 2.05. The molecule has 0 aliphatic heterocycles. The minimum absolute atomic E-state index is 0.0898. The Bertz CT molecular complexity index is 411. The van der Waals surface area contributed by atoms with E-state index in [0.29, 0.717) is 5.75 Å². The maximum atomic E-state index is 11.8. The number of rotatable bonds is 4. The first-order valence-corrected chi connectivity index (χ1v) is 7.79. The van der Waals surface area contributed by atoms with Crippen LogP contribution in [0.2, 0.25) is 0 Å². The van der Waals surface area contributed by atoms with E-state index in [0.717, 1.165) is 30.6 Å². The Labute approximate surface area is 118 Å². The smallest absolute Gasteiger partial charge is 0.230 e. The summed E-state index contributed by atoms with van der Waals surface area (Å²) in [5, 5.41) is 12.5. The number of carbonyl (C=O) groups is 1. The molecular weight excluding hydrogens is 258 g/mol. The number of aryl methyl sites for hydroxylation is 1. The number of hydrogen-bond acceptors (Lipinski definition) is 3. The van der Waals surface area contributed by atoms with Gasteiger partial charge in [0, 0.05) is 10.9 Å². The zero-order valence-corrected chi connectivity index (χ0v) is 12.1. The SMILES string of the molecule is Cc1ccc(SCC(=O)NC2CCC(O)CC2)cc1. The molecule has 1 fully saturated rings. The molecule has 0 heterocycles. The van der Waals surface area contributed by atoms with Gasteiger partial charge < -0.3 is 10.4 Å². The van der Waals surface area contributed by atoms with Crippen LogP contribution < -0.4 is 5.32 Å². The van der Waals surface area contributed by atoms with E-state index in [9.17, 15) is 9.90 Å². The Morgan fingerprint density at radius 3 is 2.53 bits per heavy atom. The van der Waals surface area contributed by atoms with E-state index in [4.69, 9.17) is 0 Å². The molecule has 0 saturated heterocycles. The number of carbonyl (C=O) groups excluding carboxylic acids is 1. The Morgan fingerprint density at radius 2 is 1.89 bits per heavy atom. The van der Waals surface area contributed by atoms with Gasteiger partial charge in [-0.1, -0.05) is 17.7 Å². The molecule has 1 saturated carbocycles. The third-order valence-corrected chi connectivity index (χ3v) is 4.46. The highest BCUT2D eigenvalue weighted by molar-refractivity contribution is 8.00. The Hall–Kier alpha value is -1.00. The number of nitrogens with one attached hydrogen (secondary N) is 1. The maximum Gasteiger partial charge on any atom is 0.230 e. The molecule has 1 aliphatic carbocycles. The highest BCUT2D eigenvalue weighted by atomic mass is 32.2. The second-order valence-corrected chi connectivity index (χ2v) is 6.22. The lowest BCUT2D eigenvalue weighted by Gasteiger charge is -2.26. The fourth-order valence-electron chi connectivity index (χ4n) is 2.27. The zero-order valence-electron chi connectivity index (χ0n) is 11.3. The van der Waals surface area contributed by atoms with Crippen molar-refractivity contribution < 1.29 is 9.90 Å². The van der Waals surface area contributed by atoms with Gasteiger partial charge >= 0.3 is 0 Å². The van der Waals surface area contributed by atoms with E-state index in [-0.39, 0.29) is 18.1 Å². The van der Waals surface area contributed by atoms with E-state index in [2.05, 4.69) is 24.4 Å². The summed E-state index contributed by atoms with van der Waals surface area (Å²) < 4.78 is 0. The second-order valence-electron chi connectivity index (χ2n) is 5.17. The van der Waals surface area contributed by atoms with Crippen molar-refractivity contribution in [2.24, 2.45) is 0 Å². The molecule has 1 aromatic carbocycles. The Balaban J connectivity index is 1.71. The highest BCUT2D eigenvalue weighted by Gasteiger charge is 2.20. The number of thioether (sulfide) groups is 1. The monoisotopic (exact) mass is 279 g/mol. The maximum absolute atomic E-state index is 11.8. The average molecular weight is 279 g/mol. The van der Waals surface area contributed by atoms with E-state index < -0.39 is 0 Å². The number of amides is 1. The number of aliphatic hydroxyl groups excluding tert-OH is 1. The Kier molecular flexibility index (Phi) is 5.28. The first-order valence-electron chi connectivity index (χ1n) is 6.80. The van der Waals surface area contributed by atoms with Gasteiger partial charge in [0.1, 0.15) is 0 Å². The van der Waals surface area contributed by atoms with Crippen molar-refractivity contribution >= 4 is 17.7 Å². The van der Waals surface area contributed by atoms with Crippen LogP contribution in [0.25, 0.3) is 0 Å². The first-order chi connectivity index (χ1) is 9.13. The molecule has 1 aliphatic rings. The molecule has 4 heteroatoms. The average Bonchev–Trinajstić information content (AvgIpc) is 2.41. The fraction of sp³-hybridized carbons (Fsp3) is 0.533. The molecule has 2 N–H and O–H groups in total. The predicted molar refractivity (Wildman–Crippen MR) is 78.3 cm³/mol. The van der Waals surface area contributed by atoms with Crippen LogP contribution in [0.15, 0.2) is 29.2 Å². The topological polar surface area (TPSA) is 49.3 Å². The van der Waals surface area contributed by atoms with Crippen molar-refractivity contribution in [1.29, 1.82) is 0 Å². The molecule has 1 amide bonds. The lowest BCUT2D eigenvalue weighted by Crippen LogP contribution is -2.39. The van der Waals surface area contributed by atoms with Crippen LogP contribution in [0.3, 0.4) is 0 Å². The predicted octanol–water partition coefficient (Wildman–Crippen LogP) is 2.51. The summed E-state index contributed by atoms with van der Waals surface area (Å²) in [5.74, 6) is 0.550. The van der Waals surface area contributed by atoms with E-state index in [1.807, 2.05) is 12.1 Å². The third-order valence-electron chi connectivity index (χ3n) is 3.45. The fourth-order valence-corrected chi connectivity index (χ4v) is 2.98. The van der Waals surface area contributed by atoms with Crippen molar-refractivity contribution in [2.75, 3.05) is 5.75 Å². The van der Waals surface area contributed by atoms with Crippen molar-refractivity contribution in [1.82, 2.24) is 5.32 Å². The summed E-state index contributed by atoms with van der Waals surface area (Å²) >= 11 is 1.56. The van der Waals surface area contributed by atoms with Gasteiger partial charge in [-0.2, -0.15) is 0 Å². The summed E-state index contributed by atoms with van der Waals surface area (Å²) in [4.78, 5) is 13.0. The largest absolute Gasteiger partial charge is 0.393 e. The van der Waals surface area contributed by atoms with Gasteiger partial charge in [0.05, 0.1) is 11.9 Å². The van der Waals surface area contributed by atoms with Gasteiger partial charge in [-0.25, -0.2) is 0 Å². The van der Waals surface area contributed by atoms with Crippen LogP contribution in [0, 0.1) is 6.92 Å².